The van der Waals surface area contributed by atoms with Crippen LogP contribution in [0.25, 0.3) is 0 Å². The summed E-state index contributed by atoms with van der Waals surface area (Å²) < 4.78 is 0. The van der Waals surface area contributed by atoms with Gasteiger partial charge < -0.3 is 17.0 Å². The second-order valence-corrected chi connectivity index (χ2v) is 1.82. The first-order chi connectivity index (χ1) is 2.91. The van der Waals surface area contributed by atoms with Crippen LogP contribution in [0.5, 0.6) is 0 Å². The Morgan fingerprint density at radius 1 is 1.57 bits per heavy atom. The summed E-state index contributed by atoms with van der Waals surface area (Å²) in [7, 11) is 1.91. The molecule has 0 aromatic heterocycles. The van der Waals surface area contributed by atoms with Crippen LogP contribution in [0.3, 0.4) is 0 Å². The van der Waals surface area contributed by atoms with E-state index in [1.54, 1.807) is 0 Å². The second-order valence-electron chi connectivity index (χ2n) is 1.12. The maximum Gasteiger partial charge on any atom is 0.0623 e. The summed E-state index contributed by atoms with van der Waals surface area (Å²) in [6.45, 7) is 0. The van der Waals surface area contributed by atoms with Gasteiger partial charge in [-0.2, -0.15) is 5.26 Å². The van der Waals surface area contributed by atoms with Crippen molar-refractivity contribution in [3.8, 4) is 6.07 Å². The fourth-order valence-corrected chi connectivity index (χ4v) is 0.454. The largest absolute Gasteiger partial charge is 1.00 e. The Kier molecular flexibility index (Phi) is 14.3. The number of hydrogen-bond acceptors (Lipinski definition) is 1. The zero-order valence-corrected chi connectivity index (χ0v) is 7.15. The van der Waals surface area contributed by atoms with Gasteiger partial charge in [0.1, 0.15) is 0 Å². The lowest BCUT2D eigenvalue weighted by molar-refractivity contribution is -0.00000148. The molecule has 0 heterocycles. The van der Waals surface area contributed by atoms with Gasteiger partial charge >= 0.3 is 0 Å². The van der Waals surface area contributed by atoms with Crippen LogP contribution in [0.15, 0.2) is 0 Å². The molecule has 0 rings (SSSR count). The van der Waals surface area contributed by atoms with Crippen molar-refractivity contribution >= 4 is 9.24 Å². The lowest BCUT2D eigenvalue weighted by atomic mass is 10.4. The third-order valence-corrected chi connectivity index (χ3v) is 1.04. The summed E-state index contributed by atoms with van der Waals surface area (Å²) >= 11 is 0. The molecule has 0 aromatic rings. The molecule has 0 saturated carbocycles. The van der Waals surface area contributed by atoms with E-state index in [1.807, 2.05) is 9.24 Å². The first-order valence-electron chi connectivity index (χ1n) is 2.08. The molecule has 0 aliphatic carbocycles. The zero-order valence-electron chi connectivity index (χ0n) is 4.15. The monoisotopic (exact) mass is 181 g/mol. The fraction of sp³-hybridized carbons (Fsp3) is 0.750. The maximum atomic E-state index is 7.95. The summed E-state index contributed by atoms with van der Waals surface area (Å²) in [6, 6.07) is 2.07. The Bertz CT molecular complexity index is 59.2. The first-order valence-corrected chi connectivity index (χ1v) is 3.08. The van der Waals surface area contributed by atoms with Crippen molar-refractivity contribution in [2.24, 2.45) is 0 Å². The molecule has 0 saturated heterocycles. The van der Waals surface area contributed by atoms with E-state index in [0.717, 1.165) is 19.0 Å². The topological polar surface area (TPSA) is 23.8 Å². The highest BCUT2D eigenvalue weighted by molar-refractivity contribution is 7.16. The lowest BCUT2D eigenvalue weighted by Crippen LogP contribution is -3.00. The number of rotatable bonds is 2. The highest BCUT2D eigenvalue weighted by Gasteiger charge is 1.78. The van der Waals surface area contributed by atoms with Gasteiger partial charge in [0.05, 0.1) is 12.2 Å². The minimum atomic E-state index is 0. The molecule has 1 unspecified atom stereocenters. The Morgan fingerprint density at radius 3 is 2.29 bits per heavy atom. The van der Waals surface area contributed by atoms with Gasteiger partial charge in [0, 0.05) is 6.42 Å². The molecule has 1 nitrogen and oxygen atoms in total. The van der Waals surface area contributed by atoms with E-state index >= 15 is 0 Å². The predicted octanol–water partition coefficient (Wildman–Crippen LogP) is -2.10. The van der Waals surface area contributed by atoms with E-state index in [0.29, 0.717) is 0 Å². The maximum absolute atomic E-state index is 7.95. The summed E-state index contributed by atoms with van der Waals surface area (Å²) in [6.07, 6.45) is 2.95. The van der Waals surface area contributed by atoms with Gasteiger partial charge in [0.2, 0.25) is 0 Å². The van der Waals surface area contributed by atoms with Gasteiger partial charge in [-0.3, -0.25) is 0 Å². The first kappa shape index (κ1) is 10.4. The van der Waals surface area contributed by atoms with Crippen LogP contribution in [0.1, 0.15) is 12.8 Å². The molecule has 3 heteroatoms. The summed E-state index contributed by atoms with van der Waals surface area (Å²) in [4.78, 5) is 0. The highest BCUT2D eigenvalue weighted by atomic mass is 79.9. The van der Waals surface area contributed by atoms with Crippen LogP contribution in [-0.2, 0) is 0 Å². The minimum absolute atomic E-state index is 0. The second kappa shape index (κ2) is 9.64. The molecule has 0 aliphatic heterocycles. The highest BCUT2D eigenvalue weighted by Crippen LogP contribution is 1.89. The molecule has 0 N–H and O–H groups in total. The van der Waals surface area contributed by atoms with Gasteiger partial charge in [0.25, 0.3) is 0 Å². The van der Waals surface area contributed by atoms with Crippen LogP contribution >= 0.6 is 9.24 Å². The molecule has 1 atom stereocenters. The number of halogens is 1. The van der Waals surface area contributed by atoms with Crippen LogP contribution in [0.4, 0.5) is 0 Å². The zero-order chi connectivity index (χ0) is 4.83. The molecular weight excluding hydrogens is 173 g/mol. The number of nitrogens with zero attached hydrogens (tertiary/aromatic N) is 1. The molecule has 0 aromatic carbocycles. The third kappa shape index (κ3) is 10.7. The normalized spacial score (nSPS) is 6.71. The van der Waals surface area contributed by atoms with E-state index < -0.39 is 0 Å². The van der Waals surface area contributed by atoms with Crippen molar-refractivity contribution in [3.63, 3.8) is 0 Å². The third-order valence-electron chi connectivity index (χ3n) is 0.539. The molecule has 0 aliphatic rings. The number of hydrogen-bond donors (Lipinski definition) is 0. The minimum Gasteiger partial charge on any atom is -1.00 e. The van der Waals surface area contributed by atoms with Crippen molar-refractivity contribution in [1.29, 1.82) is 5.26 Å². The lowest BCUT2D eigenvalue weighted by Gasteiger charge is -1.73. The summed E-state index contributed by atoms with van der Waals surface area (Å²) in [5.74, 6) is 0. The van der Waals surface area contributed by atoms with Crippen molar-refractivity contribution in [1.82, 2.24) is 0 Å². The average Bonchev–Trinajstić information content (AvgIpc) is 1.61. The smallest absolute Gasteiger partial charge is 0.0623 e. The van der Waals surface area contributed by atoms with Crippen molar-refractivity contribution in [2.45, 2.75) is 12.8 Å². The Balaban J connectivity index is 0. The Labute approximate surface area is 57.1 Å². The van der Waals surface area contributed by atoms with Gasteiger partial charge in [-0.1, -0.05) is 0 Å². The van der Waals surface area contributed by atoms with E-state index in [4.69, 9.17) is 5.26 Å². The van der Waals surface area contributed by atoms with Crippen molar-refractivity contribution < 1.29 is 17.0 Å². The molecule has 0 fully saturated rings. The average molecular weight is 182 g/mol. The molecule has 7 heavy (non-hydrogen) atoms. The van der Waals surface area contributed by atoms with Gasteiger partial charge in [-0.05, 0) is 15.7 Å². The quantitative estimate of drug-likeness (QED) is 0.354. The summed E-state index contributed by atoms with van der Waals surface area (Å²) in [5.41, 5.74) is 0. The molecule has 0 radical (unpaired) electrons. The van der Waals surface area contributed by atoms with Crippen LogP contribution in [-0.4, -0.2) is 6.16 Å². The summed E-state index contributed by atoms with van der Waals surface area (Å²) in [5, 5.41) is 7.95. The molecule has 0 bridgehead atoms. The van der Waals surface area contributed by atoms with Crippen LogP contribution in [0.2, 0.25) is 0 Å². The predicted molar refractivity (Wildman–Crippen MR) is 30.8 cm³/mol. The SMILES string of the molecule is N#CCCC[PH3+].[Br-]. The Morgan fingerprint density at radius 2 is 2.14 bits per heavy atom. The van der Waals surface area contributed by atoms with Crippen molar-refractivity contribution in [3.05, 3.63) is 0 Å². The van der Waals surface area contributed by atoms with Crippen LogP contribution in [0, 0.1) is 11.3 Å². The van der Waals surface area contributed by atoms with Crippen molar-refractivity contribution in [2.75, 3.05) is 6.16 Å². The molecular formula is C4H9BrNP. The Hall–Kier alpha value is 0.400. The number of nitriles is 1. The van der Waals surface area contributed by atoms with E-state index in [1.165, 1.54) is 0 Å². The van der Waals surface area contributed by atoms with E-state index in [9.17, 15) is 0 Å². The van der Waals surface area contributed by atoms with Gasteiger partial charge in [0.15, 0.2) is 0 Å². The van der Waals surface area contributed by atoms with E-state index in [-0.39, 0.29) is 17.0 Å². The fourth-order valence-electron chi connectivity index (χ4n) is 0.204. The van der Waals surface area contributed by atoms with Gasteiger partial charge in [-0.25, -0.2) is 0 Å². The molecule has 0 spiro atoms. The number of unbranched alkanes of at least 4 members (excludes halogenated alkanes) is 1. The standard InChI is InChI=1S/C4H8NP.BrH/c5-3-1-2-4-6;/h1-2,4,6H2;1H. The molecule has 42 valence electrons. The molecule has 0 amide bonds. The van der Waals surface area contributed by atoms with Crippen LogP contribution < -0.4 is 17.0 Å². The van der Waals surface area contributed by atoms with Gasteiger partial charge in [-0.15, -0.1) is 0 Å². The van der Waals surface area contributed by atoms with E-state index in [2.05, 4.69) is 6.07 Å².